The topological polar surface area (TPSA) is 43.1 Å². The number of nitrogens with two attached hydrogens (primary N) is 1. The normalized spacial score (nSPS) is 12.2. The van der Waals surface area contributed by atoms with E-state index in [4.69, 9.17) is 5.73 Å². The van der Waals surface area contributed by atoms with Crippen LogP contribution in [0.2, 0.25) is 0 Å². The van der Waals surface area contributed by atoms with Gasteiger partial charge in [-0.15, -0.1) is 0 Å². The molecule has 0 atom stereocenters. The molecule has 2 nitrogen and oxygen atoms in total. The number of primary amides is 1. The Kier molecular flexibility index (Phi) is 4.40. The van der Waals surface area contributed by atoms with Crippen LogP contribution in [0.15, 0.2) is 72.8 Å². The molecule has 0 unspecified atom stereocenters. The molecule has 1 amide bonds. The molecular weight excluding hydrogens is 318 g/mol. The average Bonchev–Trinajstić information content (AvgIpc) is 3.14. The van der Waals surface area contributed by atoms with Crippen LogP contribution in [0, 0.1) is 0 Å². The lowest BCUT2D eigenvalue weighted by Crippen LogP contribution is -2.11. The van der Waals surface area contributed by atoms with Gasteiger partial charge in [0.2, 0.25) is 5.91 Å². The predicted octanol–water partition coefficient (Wildman–Crippen LogP) is 5.01. The minimum absolute atomic E-state index is 0.265. The van der Waals surface area contributed by atoms with Crippen molar-refractivity contribution < 1.29 is 4.79 Å². The zero-order valence-electron chi connectivity index (χ0n) is 14.6. The zero-order chi connectivity index (χ0) is 17.9. The van der Waals surface area contributed by atoms with Gasteiger partial charge in [-0.2, -0.15) is 0 Å². The average molecular weight is 339 g/mol. The van der Waals surface area contributed by atoms with Gasteiger partial charge in [-0.1, -0.05) is 78.9 Å². The number of benzene rings is 3. The number of fused-ring (bicyclic) bond motifs is 1. The quantitative estimate of drug-likeness (QED) is 0.698. The van der Waals surface area contributed by atoms with E-state index in [1.54, 1.807) is 0 Å². The van der Waals surface area contributed by atoms with E-state index in [1.165, 1.54) is 27.8 Å². The van der Waals surface area contributed by atoms with E-state index in [1.807, 2.05) is 18.2 Å². The number of allylic oxidation sites excluding steroid dienone is 1. The molecule has 1 aliphatic carbocycles. The fourth-order valence-electron chi connectivity index (χ4n) is 3.58. The maximum Gasteiger partial charge on any atom is 0.217 e. The predicted molar refractivity (Wildman–Crippen MR) is 108 cm³/mol. The molecule has 3 aromatic carbocycles. The molecule has 2 N–H and O–H groups in total. The lowest BCUT2D eigenvalue weighted by molar-refractivity contribution is -0.117. The highest BCUT2D eigenvalue weighted by atomic mass is 16.1. The van der Waals surface area contributed by atoms with E-state index in [0.717, 1.165) is 17.5 Å². The van der Waals surface area contributed by atoms with E-state index < -0.39 is 0 Å². The van der Waals surface area contributed by atoms with Gasteiger partial charge in [-0.3, -0.25) is 4.79 Å². The van der Waals surface area contributed by atoms with E-state index in [-0.39, 0.29) is 5.91 Å². The van der Waals surface area contributed by atoms with Crippen molar-refractivity contribution in [3.8, 4) is 22.3 Å². The van der Waals surface area contributed by atoms with Crippen molar-refractivity contribution in [2.75, 3.05) is 0 Å². The molecule has 0 radical (unpaired) electrons. The molecule has 4 rings (SSSR count). The first-order chi connectivity index (χ1) is 12.7. The van der Waals surface area contributed by atoms with Gasteiger partial charge in [0.25, 0.3) is 0 Å². The van der Waals surface area contributed by atoms with Crippen LogP contribution in [-0.2, 0) is 17.6 Å². The van der Waals surface area contributed by atoms with Crippen LogP contribution in [0.5, 0.6) is 0 Å². The van der Waals surface area contributed by atoms with Gasteiger partial charge in [-0.25, -0.2) is 0 Å². The molecule has 3 aromatic rings. The fraction of sp³-hybridized carbons (Fsp3) is 0.125. The summed E-state index contributed by atoms with van der Waals surface area (Å²) < 4.78 is 0. The molecule has 0 aliphatic heterocycles. The van der Waals surface area contributed by atoms with E-state index in [0.29, 0.717) is 12.8 Å². The lowest BCUT2D eigenvalue weighted by atomic mass is 9.91. The van der Waals surface area contributed by atoms with Gasteiger partial charge >= 0.3 is 0 Å². The second-order valence-electron chi connectivity index (χ2n) is 6.72. The van der Waals surface area contributed by atoms with Crippen molar-refractivity contribution in [3.05, 3.63) is 89.5 Å². The summed E-state index contributed by atoms with van der Waals surface area (Å²) in [5, 5.41) is 0. The highest BCUT2D eigenvalue weighted by Gasteiger charge is 2.12. The van der Waals surface area contributed by atoms with Crippen LogP contribution in [0.4, 0.5) is 0 Å². The maximum atomic E-state index is 11.3. The Morgan fingerprint density at radius 2 is 1.69 bits per heavy atom. The van der Waals surface area contributed by atoms with E-state index in [2.05, 4.69) is 60.7 Å². The second-order valence-corrected chi connectivity index (χ2v) is 6.72. The minimum atomic E-state index is -0.265. The Bertz CT molecular complexity index is 986. The number of amides is 1. The highest BCUT2D eigenvalue weighted by molar-refractivity contribution is 5.78. The molecule has 26 heavy (non-hydrogen) atoms. The first-order valence-corrected chi connectivity index (χ1v) is 8.97. The molecule has 0 saturated heterocycles. The fourth-order valence-corrected chi connectivity index (χ4v) is 3.58. The summed E-state index contributed by atoms with van der Waals surface area (Å²) in [6.45, 7) is 0. The van der Waals surface area contributed by atoms with Gasteiger partial charge in [0, 0.05) is 6.42 Å². The van der Waals surface area contributed by atoms with Gasteiger partial charge < -0.3 is 5.73 Å². The molecule has 0 fully saturated rings. The largest absolute Gasteiger partial charge is 0.370 e. The van der Waals surface area contributed by atoms with Crippen molar-refractivity contribution in [3.63, 3.8) is 0 Å². The van der Waals surface area contributed by atoms with Crippen molar-refractivity contribution in [2.45, 2.75) is 19.3 Å². The molecule has 0 heterocycles. The molecule has 0 aromatic heterocycles. The van der Waals surface area contributed by atoms with Gasteiger partial charge in [0.15, 0.2) is 0 Å². The van der Waals surface area contributed by atoms with Crippen LogP contribution < -0.4 is 5.73 Å². The summed E-state index contributed by atoms with van der Waals surface area (Å²) in [5.41, 5.74) is 13.9. The second kappa shape index (κ2) is 7.01. The number of carbonyl (C=O) groups is 1. The Morgan fingerprint density at radius 1 is 0.885 bits per heavy atom. The van der Waals surface area contributed by atoms with Crippen molar-refractivity contribution >= 4 is 12.0 Å². The third-order valence-corrected chi connectivity index (χ3v) is 4.94. The Hall–Kier alpha value is -3.13. The molecule has 0 saturated carbocycles. The third-order valence-electron chi connectivity index (χ3n) is 4.94. The van der Waals surface area contributed by atoms with Crippen LogP contribution >= 0.6 is 0 Å². The smallest absolute Gasteiger partial charge is 0.217 e. The number of hydrogen-bond acceptors (Lipinski definition) is 1. The Balaban J connectivity index is 1.76. The van der Waals surface area contributed by atoms with Gasteiger partial charge in [-0.05, 0) is 51.8 Å². The minimum Gasteiger partial charge on any atom is -0.370 e. The molecule has 2 heteroatoms. The van der Waals surface area contributed by atoms with E-state index in [9.17, 15) is 4.79 Å². The van der Waals surface area contributed by atoms with Crippen LogP contribution in [0.3, 0.4) is 0 Å². The summed E-state index contributed by atoms with van der Waals surface area (Å²) in [7, 11) is 0. The van der Waals surface area contributed by atoms with Crippen LogP contribution in [0.25, 0.3) is 28.3 Å². The summed E-state index contributed by atoms with van der Waals surface area (Å²) >= 11 is 0. The monoisotopic (exact) mass is 339 g/mol. The SMILES string of the molecule is NC(=O)CCc1cc(-c2ccccc2)ccc1-c1ccc2c(c1)CC=C2. The van der Waals surface area contributed by atoms with Crippen LogP contribution in [-0.4, -0.2) is 5.91 Å². The standard InChI is InChI=1S/C24H21NO/c25-24(26)14-12-22-16-20(17-5-2-1-3-6-17)11-13-23(22)21-10-9-18-7-4-8-19(18)15-21/h1-7,9-11,13,15-16H,8,12,14H2,(H2,25,26). The molecule has 1 aliphatic rings. The van der Waals surface area contributed by atoms with Gasteiger partial charge in [0.1, 0.15) is 0 Å². The zero-order valence-corrected chi connectivity index (χ0v) is 14.6. The molecule has 128 valence electrons. The molecule has 0 bridgehead atoms. The van der Waals surface area contributed by atoms with Crippen molar-refractivity contribution in [1.29, 1.82) is 0 Å². The van der Waals surface area contributed by atoms with Crippen molar-refractivity contribution in [1.82, 2.24) is 0 Å². The summed E-state index contributed by atoms with van der Waals surface area (Å²) in [4.78, 5) is 11.3. The number of hydrogen-bond donors (Lipinski definition) is 1. The highest BCUT2D eigenvalue weighted by Crippen LogP contribution is 2.32. The van der Waals surface area contributed by atoms with Gasteiger partial charge in [0.05, 0.1) is 0 Å². The Labute approximate surface area is 154 Å². The first kappa shape index (κ1) is 16.3. The molecule has 0 spiro atoms. The lowest BCUT2D eigenvalue weighted by Gasteiger charge is -2.13. The summed E-state index contributed by atoms with van der Waals surface area (Å²) in [6, 6.07) is 23.4. The summed E-state index contributed by atoms with van der Waals surface area (Å²) in [5.74, 6) is -0.265. The van der Waals surface area contributed by atoms with Crippen LogP contribution in [0.1, 0.15) is 23.1 Å². The molecular formula is C24H21NO. The maximum absolute atomic E-state index is 11.3. The number of rotatable bonds is 5. The first-order valence-electron chi connectivity index (χ1n) is 8.97. The summed E-state index contributed by atoms with van der Waals surface area (Å²) in [6.07, 6.45) is 6.37. The number of carbonyl (C=O) groups excluding carboxylic acids is 1. The third kappa shape index (κ3) is 3.31. The van der Waals surface area contributed by atoms with E-state index >= 15 is 0 Å². The van der Waals surface area contributed by atoms with Crippen molar-refractivity contribution in [2.24, 2.45) is 5.73 Å². The number of aryl methyl sites for hydroxylation is 1. The Morgan fingerprint density at radius 3 is 2.50 bits per heavy atom.